The van der Waals surface area contributed by atoms with Gasteiger partial charge in [-0.1, -0.05) is 39.3 Å². The fourth-order valence-corrected chi connectivity index (χ4v) is 3.93. The number of carbonyl (C=O) groups is 1. The second kappa shape index (κ2) is 4.29. The molecule has 0 bridgehead atoms. The third-order valence-electron chi connectivity index (χ3n) is 4.09. The number of fused-ring (bicyclic) bond motifs is 1. The van der Waals surface area contributed by atoms with Crippen molar-refractivity contribution in [2.75, 3.05) is 0 Å². The van der Waals surface area contributed by atoms with Gasteiger partial charge >= 0.3 is 0 Å². The average molecular weight is 296 g/mol. The Balaban J connectivity index is 2.95. The van der Waals surface area contributed by atoms with Gasteiger partial charge in [-0.05, 0) is 35.8 Å². The van der Waals surface area contributed by atoms with E-state index in [2.05, 4.69) is 0 Å². The van der Waals surface area contributed by atoms with Crippen LogP contribution in [0.25, 0.3) is 0 Å². The van der Waals surface area contributed by atoms with Gasteiger partial charge in [0.2, 0.25) is 0 Å². The summed E-state index contributed by atoms with van der Waals surface area (Å²) in [5, 5.41) is 11.4. The zero-order valence-corrected chi connectivity index (χ0v) is 13.1. The van der Waals surface area contributed by atoms with Crippen molar-refractivity contribution in [1.29, 1.82) is 0 Å². The van der Waals surface area contributed by atoms with Crippen LogP contribution in [-0.2, 0) is 10.8 Å². The van der Waals surface area contributed by atoms with Gasteiger partial charge < -0.3 is 0 Å². The van der Waals surface area contributed by atoms with Crippen LogP contribution in [0.4, 0.5) is 5.69 Å². The van der Waals surface area contributed by atoms with Gasteiger partial charge in [0.1, 0.15) is 5.02 Å². The Bertz CT molecular complexity index is 632. The summed E-state index contributed by atoms with van der Waals surface area (Å²) in [4.78, 5) is 22.7. The average Bonchev–Trinajstić information content (AvgIpc) is 2.42. The Hall–Kier alpha value is -1.42. The SMILES string of the molecule is CC(=O)c1cc2c(c([N+](=O)[O-])c1Cl)C(C)(C)CC2(C)C. The van der Waals surface area contributed by atoms with Crippen LogP contribution in [0.3, 0.4) is 0 Å². The van der Waals surface area contributed by atoms with E-state index in [4.69, 9.17) is 11.6 Å². The highest BCUT2D eigenvalue weighted by molar-refractivity contribution is 6.36. The van der Waals surface area contributed by atoms with Gasteiger partial charge in [-0.2, -0.15) is 0 Å². The number of halogens is 1. The van der Waals surface area contributed by atoms with Crippen LogP contribution in [0.15, 0.2) is 6.07 Å². The second-order valence-electron chi connectivity index (χ2n) is 6.77. The lowest BCUT2D eigenvalue weighted by atomic mass is 9.81. The monoisotopic (exact) mass is 295 g/mol. The van der Waals surface area contributed by atoms with Crippen molar-refractivity contribution < 1.29 is 9.72 Å². The van der Waals surface area contributed by atoms with E-state index in [0.29, 0.717) is 5.56 Å². The number of hydrogen-bond acceptors (Lipinski definition) is 3. The second-order valence-corrected chi connectivity index (χ2v) is 7.15. The minimum absolute atomic E-state index is 0.0352. The van der Waals surface area contributed by atoms with Crippen LogP contribution in [0.5, 0.6) is 0 Å². The maximum absolute atomic E-state index is 11.7. The van der Waals surface area contributed by atoms with Crippen molar-refractivity contribution >= 4 is 23.1 Å². The van der Waals surface area contributed by atoms with Gasteiger partial charge in [-0.15, -0.1) is 0 Å². The third-order valence-corrected chi connectivity index (χ3v) is 4.47. The summed E-state index contributed by atoms with van der Waals surface area (Å²) in [7, 11) is 0. The molecular formula is C15H18ClNO3. The van der Waals surface area contributed by atoms with Crippen molar-refractivity contribution in [1.82, 2.24) is 0 Å². The lowest BCUT2D eigenvalue weighted by Crippen LogP contribution is -2.18. The Morgan fingerprint density at radius 2 is 1.85 bits per heavy atom. The predicted molar refractivity (Wildman–Crippen MR) is 78.8 cm³/mol. The van der Waals surface area contributed by atoms with E-state index < -0.39 is 4.92 Å². The van der Waals surface area contributed by atoms with Gasteiger partial charge in [0.15, 0.2) is 5.78 Å². The van der Waals surface area contributed by atoms with Crippen LogP contribution >= 0.6 is 11.6 Å². The van der Waals surface area contributed by atoms with E-state index in [-0.39, 0.29) is 32.9 Å². The highest BCUT2D eigenvalue weighted by Gasteiger charge is 2.48. The summed E-state index contributed by atoms with van der Waals surface area (Å²) in [6.45, 7) is 9.43. The van der Waals surface area contributed by atoms with E-state index in [0.717, 1.165) is 12.0 Å². The molecule has 2 rings (SSSR count). The molecule has 1 aliphatic carbocycles. The molecule has 0 atom stereocenters. The summed E-state index contributed by atoms with van der Waals surface area (Å²) in [6.07, 6.45) is 0.786. The van der Waals surface area contributed by atoms with Crippen molar-refractivity contribution in [3.8, 4) is 0 Å². The number of ketones is 1. The van der Waals surface area contributed by atoms with Crippen LogP contribution in [0.1, 0.15) is 62.5 Å². The number of nitrogens with zero attached hydrogens (tertiary/aromatic N) is 1. The normalized spacial score (nSPS) is 18.7. The van der Waals surface area contributed by atoms with Crippen molar-refractivity contribution in [2.24, 2.45) is 0 Å². The molecule has 4 nitrogen and oxygen atoms in total. The number of Topliss-reactive ketones (excluding diaryl/α,β-unsaturated/α-hetero) is 1. The smallest absolute Gasteiger partial charge is 0.292 e. The molecule has 0 heterocycles. The van der Waals surface area contributed by atoms with Gasteiger partial charge in [-0.3, -0.25) is 14.9 Å². The molecule has 0 saturated carbocycles. The quantitative estimate of drug-likeness (QED) is 0.461. The largest absolute Gasteiger partial charge is 0.294 e. The maximum atomic E-state index is 11.7. The zero-order valence-electron chi connectivity index (χ0n) is 12.3. The van der Waals surface area contributed by atoms with Crippen molar-refractivity contribution in [3.05, 3.63) is 37.9 Å². The molecule has 0 spiro atoms. The number of hydrogen-bond donors (Lipinski definition) is 0. The number of benzene rings is 1. The van der Waals surface area contributed by atoms with Crippen LogP contribution in [-0.4, -0.2) is 10.7 Å². The minimum atomic E-state index is -0.462. The summed E-state index contributed by atoms with van der Waals surface area (Å²) in [6, 6.07) is 1.74. The molecule has 1 aromatic carbocycles. The number of nitro benzene ring substituents is 1. The van der Waals surface area contributed by atoms with Crippen LogP contribution in [0.2, 0.25) is 5.02 Å². The van der Waals surface area contributed by atoms with E-state index in [1.807, 2.05) is 27.7 Å². The van der Waals surface area contributed by atoms with E-state index in [9.17, 15) is 14.9 Å². The van der Waals surface area contributed by atoms with E-state index in [1.165, 1.54) is 6.92 Å². The molecular weight excluding hydrogens is 278 g/mol. The van der Waals surface area contributed by atoms with Gasteiger partial charge in [0, 0.05) is 11.1 Å². The standard InChI is InChI=1S/C15H18ClNO3/c1-8(18)9-6-10-11(13(12(9)16)17(19)20)15(4,5)7-14(10,2)3/h6H,7H2,1-5H3. The first-order chi connectivity index (χ1) is 8.99. The first-order valence-corrected chi connectivity index (χ1v) is 6.89. The molecule has 0 N–H and O–H groups in total. The molecule has 20 heavy (non-hydrogen) atoms. The molecule has 0 saturated heterocycles. The molecule has 0 radical (unpaired) electrons. The Kier molecular flexibility index (Phi) is 3.21. The Morgan fingerprint density at radius 1 is 1.30 bits per heavy atom. The Morgan fingerprint density at radius 3 is 2.30 bits per heavy atom. The molecule has 0 aliphatic heterocycles. The van der Waals surface area contributed by atoms with E-state index >= 15 is 0 Å². The number of carbonyl (C=O) groups excluding carboxylic acids is 1. The van der Waals surface area contributed by atoms with E-state index in [1.54, 1.807) is 6.07 Å². The van der Waals surface area contributed by atoms with Gasteiger partial charge in [0.25, 0.3) is 5.69 Å². The summed E-state index contributed by atoms with van der Waals surface area (Å²) in [5.41, 5.74) is 1.12. The molecule has 1 aromatic rings. The molecule has 108 valence electrons. The van der Waals surface area contributed by atoms with Crippen molar-refractivity contribution in [2.45, 2.75) is 51.9 Å². The van der Waals surface area contributed by atoms with Crippen molar-refractivity contribution in [3.63, 3.8) is 0 Å². The lowest BCUT2D eigenvalue weighted by molar-refractivity contribution is -0.385. The fourth-order valence-electron chi connectivity index (χ4n) is 3.58. The first-order valence-electron chi connectivity index (χ1n) is 6.52. The predicted octanol–water partition coefficient (Wildman–Crippen LogP) is 4.41. The molecule has 1 aliphatic rings. The molecule has 0 aromatic heterocycles. The maximum Gasteiger partial charge on any atom is 0.292 e. The topological polar surface area (TPSA) is 60.2 Å². The van der Waals surface area contributed by atoms with Gasteiger partial charge in [0.05, 0.1) is 4.92 Å². The number of rotatable bonds is 2. The molecule has 0 unspecified atom stereocenters. The summed E-state index contributed by atoms with van der Waals surface area (Å²) < 4.78 is 0. The number of nitro groups is 1. The van der Waals surface area contributed by atoms with Crippen LogP contribution < -0.4 is 0 Å². The third kappa shape index (κ3) is 2.03. The summed E-state index contributed by atoms with van der Waals surface area (Å²) >= 11 is 6.14. The lowest BCUT2D eigenvalue weighted by Gasteiger charge is -2.22. The minimum Gasteiger partial charge on any atom is -0.294 e. The summed E-state index contributed by atoms with van der Waals surface area (Å²) in [5.74, 6) is -0.249. The highest BCUT2D eigenvalue weighted by atomic mass is 35.5. The van der Waals surface area contributed by atoms with Crippen LogP contribution in [0, 0.1) is 10.1 Å². The fraction of sp³-hybridized carbons (Fsp3) is 0.533. The molecule has 5 heteroatoms. The highest BCUT2D eigenvalue weighted by Crippen LogP contribution is 2.54. The zero-order chi connectivity index (χ0) is 15.5. The Labute approximate surface area is 123 Å². The first kappa shape index (κ1) is 15.0. The molecule has 0 amide bonds. The molecule has 0 fully saturated rings. The van der Waals surface area contributed by atoms with Gasteiger partial charge in [-0.25, -0.2) is 0 Å².